The quantitative estimate of drug-likeness (QED) is 0.608. The van der Waals surface area contributed by atoms with Gasteiger partial charge >= 0.3 is 0 Å². The normalized spacial score (nSPS) is 41.5. The maximum Gasteiger partial charge on any atom is -0.000445 e. The van der Waals surface area contributed by atoms with E-state index in [2.05, 4.69) is 26.7 Å². The van der Waals surface area contributed by atoms with Gasteiger partial charge in [-0.3, -0.25) is 0 Å². The van der Waals surface area contributed by atoms with E-state index in [1.165, 1.54) is 18.6 Å². The molecule has 0 nitrogen and oxygen atoms in total. The lowest BCUT2D eigenvalue weighted by Gasteiger charge is -2.60. The molecule has 0 aromatic rings. The van der Waals surface area contributed by atoms with Gasteiger partial charge in [0.05, 0.1) is 0 Å². The zero-order valence-corrected chi connectivity index (χ0v) is 9.79. The van der Waals surface area contributed by atoms with Gasteiger partial charge in [-0.15, -0.1) is 0 Å². The molecule has 13 heavy (non-hydrogen) atoms. The SMILES string of the molecule is C=C1[C@H](CSC)C[C@H]2C[C@@H]1C2(C)C. The van der Waals surface area contributed by atoms with E-state index in [9.17, 15) is 0 Å². The van der Waals surface area contributed by atoms with Crippen LogP contribution >= 0.6 is 11.8 Å². The van der Waals surface area contributed by atoms with Crippen LogP contribution in [0.15, 0.2) is 12.2 Å². The second-order valence-corrected chi connectivity index (χ2v) is 6.18. The van der Waals surface area contributed by atoms with E-state index < -0.39 is 0 Å². The summed E-state index contributed by atoms with van der Waals surface area (Å²) in [6.45, 7) is 9.16. The Kier molecular flexibility index (Phi) is 2.26. The van der Waals surface area contributed by atoms with Crippen LogP contribution in [0.4, 0.5) is 0 Å². The van der Waals surface area contributed by atoms with E-state index in [4.69, 9.17) is 0 Å². The van der Waals surface area contributed by atoms with Crippen molar-refractivity contribution in [1.29, 1.82) is 0 Å². The Morgan fingerprint density at radius 3 is 2.62 bits per heavy atom. The predicted molar refractivity (Wildman–Crippen MR) is 61.0 cm³/mol. The molecule has 3 rings (SSSR count). The van der Waals surface area contributed by atoms with Crippen LogP contribution in [0.3, 0.4) is 0 Å². The average Bonchev–Trinajstić information content (AvgIpc) is 2.08. The fourth-order valence-corrected chi connectivity index (χ4v) is 3.95. The highest BCUT2D eigenvalue weighted by molar-refractivity contribution is 7.98. The first kappa shape index (κ1) is 9.64. The summed E-state index contributed by atoms with van der Waals surface area (Å²) in [5.41, 5.74) is 2.13. The van der Waals surface area contributed by atoms with Gasteiger partial charge in [0, 0.05) is 0 Å². The summed E-state index contributed by atoms with van der Waals surface area (Å²) in [4.78, 5) is 0. The third-order valence-corrected chi connectivity index (χ3v) is 5.12. The standard InChI is InChI=1S/C12H20S/c1-8-9(7-13-4)5-10-6-11(8)12(10,2)3/h9-11H,1,5-7H2,2-4H3/t9-,10-,11-/m0/s1. The highest BCUT2D eigenvalue weighted by Crippen LogP contribution is 2.62. The van der Waals surface area contributed by atoms with Crippen molar-refractivity contribution in [2.75, 3.05) is 12.0 Å². The second kappa shape index (κ2) is 3.05. The molecule has 3 aliphatic carbocycles. The number of hydrogen-bond acceptors (Lipinski definition) is 1. The van der Waals surface area contributed by atoms with E-state index in [0.717, 1.165) is 17.8 Å². The fourth-order valence-electron chi connectivity index (χ4n) is 3.20. The van der Waals surface area contributed by atoms with Crippen LogP contribution in [-0.2, 0) is 0 Å². The molecule has 0 aromatic heterocycles. The Morgan fingerprint density at radius 1 is 1.46 bits per heavy atom. The van der Waals surface area contributed by atoms with Gasteiger partial charge in [-0.05, 0) is 48.0 Å². The summed E-state index contributed by atoms with van der Waals surface area (Å²) in [5, 5.41) is 0. The lowest BCUT2D eigenvalue weighted by atomic mass is 9.45. The minimum absolute atomic E-state index is 0.575. The van der Waals surface area contributed by atoms with Crippen molar-refractivity contribution in [2.24, 2.45) is 23.2 Å². The van der Waals surface area contributed by atoms with Crippen LogP contribution in [0.25, 0.3) is 0 Å². The van der Waals surface area contributed by atoms with Crippen molar-refractivity contribution < 1.29 is 0 Å². The average molecular weight is 196 g/mol. The smallest absolute Gasteiger partial charge is 0.000445 e. The molecule has 3 aliphatic rings. The lowest BCUT2D eigenvalue weighted by molar-refractivity contribution is -0.0430. The van der Waals surface area contributed by atoms with Crippen LogP contribution in [0, 0.1) is 23.2 Å². The Labute approximate surface area is 86.2 Å². The number of thioether (sulfide) groups is 1. The van der Waals surface area contributed by atoms with Gasteiger partial charge in [-0.1, -0.05) is 26.0 Å². The van der Waals surface area contributed by atoms with Crippen molar-refractivity contribution in [2.45, 2.75) is 26.7 Å². The summed E-state index contributed by atoms with van der Waals surface area (Å²) >= 11 is 1.97. The van der Waals surface area contributed by atoms with Crippen LogP contribution in [0.2, 0.25) is 0 Å². The first-order valence-corrected chi connectivity index (χ1v) is 6.64. The first-order chi connectivity index (χ1) is 6.07. The second-order valence-electron chi connectivity index (χ2n) is 5.27. The number of rotatable bonds is 2. The minimum atomic E-state index is 0.575. The number of hydrogen-bond donors (Lipinski definition) is 0. The van der Waals surface area contributed by atoms with Crippen molar-refractivity contribution in [3.63, 3.8) is 0 Å². The maximum absolute atomic E-state index is 4.32. The summed E-state index contributed by atoms with van der Waals surface area (Å²) < 4.78 is 0. The fraction of sp³-hybridized carbons (Fsp3) is 0.833. The van der Waals surface area contributed by atoms with Crippen LogP contribution in [0.5, 0.6) is 0 Å². The molecule has 0 spiro atoms. The highest BCUT2D eigenvalue weighted by atomic mass is 32.2. The predicted octanol–water partition coefficient (Wildman–Crippen LogP) is 3.59. The van der Waals surface area contributed by atoms with Gasteiger partial charge < -0.3 is 0 Å². The van der Waals surface area contributed by atoms with Crippen molar-refractivity contribution in [3.8, 4) is 0 Å². The van der Waals surface area contributed by atoms with Gasteiger partial charge in [-0.25, -0.2) is 0 Å². The lowest BCUT2D eigenvalue weighted by Crippen LogP contribution is -2.52. The molecule has 0 radical (unpaired) electrons. The van der Waals surface area contributed by atoms with Gasteiger partial charge in [0.25, 0.3) is 0 Å². The monoisotopic (exact) mass is 196 g/mol. The topological polar surface area (TPSA) is 0 Å². The maximum atomic E-state index is 4.32. The molecule has 0 aromatic carbocycles. The van der Waals surface area contributed by atoms with Gasteiger partial charge in [0.15, 0.2) is 0 Å². The minimum Gasteiger partial charge on any atom is -0.165 e. The van der Waals surface area contributed by atoms with Crippen LogP contribution < -0.4 is 0 Å². The van der Waals surface area contributed by atoms with Gasteiger partial charge in [0.1, 0.15) is 0 Å². The van der Waals surface area contributed by atoms with Gasteiger partial charge in [0.2, 0.25) is 0 Å². The van der Waals surface area contributed by atoms with Crippen LogP contribution in [0.1, 0.15) is 26.7 Å². The van der Waals surface area contributed by atoms with Gasteiger partial charge in [-0.2, -0.15) is 11.8 Å². The Balaban J connectivity index is 2.08. The molecule has 3 atom stereocenters. The van der Waals surface area contributed by atoms with Crippen molar-refractivity contribution in [1.82, 2.24) is 0 Å². The zero-order valence-electron chi connectivity index (χ0n) is 8.97. The molecule has 0 unspecified atom stereocenters. The molecule has 3 saturated carbocycles. The zero-order chi connectivity index (χ0) is 9.64. The van der Waals surface area contributed by atoms with E-state index in [-0.39, 0.29) is 0 Å². The molecule has 0 aliphatic heterocycles. The third kappa shape index (κ3) is 1.27. The molecule has 0 saturated heterocycles. The molecular weight excluding hydrogens is 176 g/mol. The largest absolute Gasteiger partial charge is 0.165 e. The van der Waals surface area contributed by atoms with Crippen molar-refractivity contribution >= 4 is 11.8 Å². The van der Waals surface area contributed by atoms with E-state index >= 15 is 0 Å². The molecular formula is C12H20S. The molecule has 74 valence electrons. The molecule has 2 bridgehead atoms. The molecule has 0 heterocycles. The number of fused-ring (bicyclic) bond motifs is 2. The number of allylic oxidation sites excluding steroid dienone is 1. The summed E-state index contributed by atoms with van der Waals surface area (Å²) in [5.74, 6) is 3.94. The van der Waals surface area contributed by atoms with E-state index in [1.54, 1.807) is 5.57 Å². The first-order valence-electron chi connectivity index (χ1n) is 5.25. The Morgan fingerprint density at radius 2 is 2.15 bits per heavy atom. The Hall–Kier alpha value is 0.0900. The molecule has 1 heteroatoms. The van der Waals surface area contributed by atoms with E-state index in [0.29, 0.717) is 5.41 Å². The van der Waals surface area contributed by atoms with E-state index in [1.807, 2.05) is 11.8 Å². The summed E-state index contributed by atoms with van der Waals surface area (Å²) in [6.07, 6.45) is 5.04. The highest BCUT2D eigenvalue weighted by Gasteiger charge is 2.54. The van der Waals surface area contributed by atoms with Crippen LogP contribution in [-0.4, -0.2) is 12.0 Å². The molecule has 3 fully saturated rings. The molecule has 0 N–H and O–H groups in total. The van der Waals surface area contributed by atoms with Crippen molar-refractivity contribution in [3.05, 3.63) is 12.2 Å². The summed E-state index contributed by atoms with van der Waals surface area (Å²) in [7, 11) is 0. The summed E-state index contributed by atoms with van der Waals surface area (Å²) in [6, 6.07) is 0. The molecule has 0 amide bonds. The Bertz CT molecular complexity index is 229. The third-order valence-electron chi connectivity index (χ3n) is 4.38.